The fraction of sp³-hybridized carbons (Fsp3) is 0.846. The maximum absolute atomic E-state index is 5.79. The van der Waals surface area contributed by atoms with Gasteiger partial charge >= 0.3 is 0 Å². The first kappa shape index (κ1) is 12.5. The monoisotopic (exact) mass is 208 g/mol. The van der Waals surface area contributed by atoms with Crippen molar-refractivity contribution < 1.29 is 0 Å². The summed E-state index contributed by atoms with van der Waals surface area (Å²) in [6.07, 6.45) is 12.9. The van der Waals surface area contributed by atoms with Gasteiger partial charge in [0.2, 0.25) is 0 Å². The summed E-state index contributed by atoms with van der Waals surface area (Å²) in [6.45, 7) is 2.97. The molecular formula is C13H24N2. The number of terminal acetylenes is 1. The van der Waals surface area contributed by atoms with Crippen LogP contribution in [0.4, 0.5) is 0 Å². The molecule has 0 aromatic heterocycles. The molecule has 2 heteroatoms. The fourth-order valence-electron chi connectivity index (χ4n) is 2.47. The second-order valence-corrected chi connectivity index (χ2v) is 4.56. The van der Waals surface area contributed by atoms with Gasteiger partial charge in [-0.05, 0) is 31.7 Å². The van der Waals surface area contributed by atoms with Crippen LogP contribution >= 0.6 is 0 Å². The van der Waals surface area contributed by atoms with Crippen molar-refractivity contribution in [1.82, 2.24) is 5.32 Å². The zero-order chi connectivity index (χ0) is 11.1. The highest BCUT2D eigenvalue weighted by Crippen LogP contribution is 2.24. The van der Waals surface area contributed by atoms with E-state index in [0.29, 0.717) is 12.0 Å². The molecule has 0 heterocycles. The van der Waals surface area contributed by atoms with Crippen LogP contribution in [0.15, 0.2) is 0 Å². The third kappa shape index (κ3) is 3.85. The van der Waals surface area contributed by atoms with Gasteiger partial charge in [-0.25, -0.2) is 0 Å². The molecule has 1 rings (SSSR count). The summed E-state index contributed by atoms with van der Waals surface area (Å²) >= 11 is 0. The Morgan fingerprint density at radius 1 is 1.47 bits per heavy atom. The van der Waals surface area contributed by atoms with Crippen LogP contribution in [0.3, 0.4) is 0 Å². The molecule has 0 saturated heterocycles. The Morgan fingerprint density at radius 3 is 2.80 bits per heavy atom. The van der Waals surface area contributed by atoms with Crippen molar-refractivity contribution in [3.05, 3.63) is 0 Å². The molecule has 86 valence electrons. The van der Waals surface area contributed by atoms with Gasteiger partial charge in [0.1, 0.15) is 0 Å². The molecule has 1 saturated carbocycles. The first-order valence-corrected chi connectivity index (χ1v) is 6.24. The first-order valence-electron chi connectivity index (χ1n) is 6.24. The predicted molar refractivity (Wildman–Crippen MR) is 65.5 cm³/mol. The van der Waals surface area contributed by atoms with Crippen molar-refractivity contribution in [3.63, 3.8) is 0 Å². The van der Waals surface area contributed by atoms with Gasteiger partial charge in [-0.15, -0.1) is 6.42 Å². The van der Waals surface area contributed by atoms with Crippen molar-refractivity contribution >= 4 is 0 Å². The summed E-state index contributed by atoms with van der Waals surface area (Å²) in [5, 5.41) is 3.59. The largest absolute Gasteiger partial charge is 0.330 e. The van der Waals surface area contributed by atoms with Crippen LogP contribution in [-0.2, 0) is 0 Å². The quantitative estimate of drug-likeness (QED) is 0.677. The second kappa shape index (κ2) is 6.87. The van der Waals surface area contributed by atoms with Crippen molar-refractivity contribution in [2.45, 2.75) is 57.5 Å². The molecule has 1 aliphatic rings. The highest BCUT2D eigenvalue weighted by atomic mass is 15.0. The van der Waals surface area contributed by atoms with E-state index in [1.165, 1.54) is 25.7 Å². The van der Waals surface area contributed by atoms with Gasteiger partial charge in [0, 0.05) is 6.04 Å². The Morgan fingerprint density at radius 2 is 2.20 bits per heavy atom. The van der Waals surface area contributed by atoms with Crippen molar-refractivity contribution in [3.8, 4) is 12.3 Å². The summed E-state index contributed by atoms with van der Waals surface area (Å²) in [5.41, 5.74) is 5.79. The molecule has 2 nitrogen and oxygen atoms in total. The van der Waals surface area contributed by atoms with E-state index in [2.05, 4.69) is 18.2 Å². The van der Waals surface area contributed by atoms with Gasteiger partial charge in [-0.2, -0.15) is 0 Å². The Balaban J connectivity index is 2.43. The van der Waals surface area contributed by atoms with E-state index in [4.69, 9.17) is 12.2 Å². The van der Waals surface area contributed by atoms with E-state index in [1.54, 1.807) is 0 Å². The lowest BCUT2D eigenvalue weighted by atomic mass is 9.84. The number of nitrogens with two attached hydrogens (primary N) is 1. The SMILES string of the molecule is C#CC(CCC)NC1CCCCC1CN. The predicted octanol–water partition coefficient (Wildman–Crippen LogP) is 1.90. The van der Waals surface area contributed by atoms with Gasteiger partial charge in [0.25, 0.3) is 0 Å². The average Bonchev–Trinajstić information content (AvgIpc) is 2.29. The van der Waals surface area contributed by atoms with Crippen LogP contribution in [0.1, 0.15) is 45.4 Å². The number of nitrogens with one attached hydrogen (secondary N) is 1. The molecule has 0 radical (unpaired) electrons. The van der Waals surface area contributed by atoms with Crippen molar-refractivity contribution in [1.29, 1.82) is 0 Å². The Bertz CT molecular complexity index is 207. The van der Waals surface area contributed by atoms with Crippen molar-refractivity contribution in [2.24, 2.45) is 11.7 Å². The molecule has 0 aliphatic heterocycles. The molecule has 0 spiro atoms. The molecule has 0 amide bonds. The molecule has 3 atom stereocenters. The van der Waals surface area contributed by atoms with Crippen LogP contribution < -0.4 is 11.1 Å². The minimum absolute atomic E-state index is 0.243. The van der Waals surface area contributed by atoms with Gasteiger partial charge in [-0.1, -0.05) is 32.1 Å². The fourth-order valence-corrected chi connectivity index (χ4v) is 2.47. The highest BCUT2D eigenvalue weighted by molar-refractivity contribution is 5.00. The minimum Gasteiger partial charge on any atom is -0.330 e. The van der Waals surface area contributed by atoms with Crippen LogP contribution in [0.25, 0.3) is 0 Å². The average molecular weight is 208 g/mol. The van der Waals surface area contributed by atoms with Crippen LogP contribution in [0.2, 0.25) is 0 Å². The summed E-state index contributed by atoms with van der Waals surface area (Å²) in [5.74, 6) is 3.47. The number of hydrogen-bond donors (Lipinski definition) is 2. The summed E-state index contributed by atoms with van der Waals surface area (Å²) < 4.78 is 0. The zero-order valence-electron chi connectivity index (χ0n) is 9.84. The lowest BCUT2D eigenvalue weighted by molar-refractivity contribution is 0.256. The number of hydrogen-bond acceptors (Lipinski definition) is 2. The van der Waals surface area contributed by atoms with E-state index < -0.39 is 0 Å². The van der Waals surface area contributed by atoms with Crippen molar-refractivity contribution in [2.75, 3.05) is 6.54 Å². The molecule has 3 unspecified atom stereocenters. The van der Waals surface area contributed by atoms with Gasteiger partial charge in [-0.3, -0.25) is 0 Å². The van der Waals surface area contributed by atoms with Crippen LogP contribution in [0, 0.1) is 18.3 Å². The van der Waals surface area contributed by atoms with E-state index >= 15 is 0 Å². The van der Waals surface area contributed by atoms with Crippen LogP contribution in [-0.4, -0.2) is 18.6 Å². The smallest absolute Gasteiger partial charge is 0.0689 e. The number of rotatable bonds is 5. The third-order valence-electron chi connectivity index (χ3n) is 3.41. The Hall–Kier alpha value is -0.520. The molecule has 0 bridgehead atoms. The third-order valence-corrected chi connectivity index (χ3v) is 3.41. The van der Waals surface area contributed by atoms with Gasteiger partial charge < -0.3 is 11.1 Å². The molecule has 1 fully saturated rings. The normalized spacial score (nSPS) is 28.3. The van der Waals surface area contributed by atoms with E-state index in [-0.39, 0.29) is 6.04 Å². The second-order valence-electron chi connectivity index (χ2n) is 4.56. The Kier molecular flexibility index (Phi) is 5.75. The lowest BCUT2D eigenvalue weighted by Gasteiger charge is -2.33. The van der Waals surface area contributed by atoms with Crippen LogP contribution in [0.5, 0.6) is 0 Å². The summed E-state index contributed by atoms with van der Waals surface area (Å²) in [7, 11) is 0. The maximum atomic E-state index is 5.79. The highest BCUT2D eigenvalue weighted by Gasteiger charge is 2.25. The zero-order valence-corrected chi connectivity index (χ0v) is 9.84. The molecule has 1 aliphatic carbocycles. The molecule has 15 heavy (non-hydrogen) atoms. The standard InChI is InChI=1S/C13H24N2/c1-3-7-12(4-2)15-13-9-6-5-8-11(13)10-14/h2,11-13,15H,3,5-10,14H2,1H3. The van der Waals surface area contributed by atoms with E-state index in [9.17, 15) is 0 Å². The Labute approximate surface area is 94.0 Å². The summed E-state index contributed by atoms with van der Waals surface area (Å²) in [4.78, 5) is 0. The van der Waals surface area contributed by atoms with E-state index in [1.807, 2.05) is 0 Å². The lowest BCUT2D eigenvalue weighted by Crippen LogP contribution is -2.46. The summed E-state index contributed by atoms with van der Waals surface area (Å²) in [6, 6.07) is 0.795. The maximum Gasteiger partial charge on any atom is 0.0689 e. The molecule has 0 aromatic rings. The van der Waals surface area contributed by atoms with E-state index in [0.717, 1.165) is 19.4 Å². The topological polar surface area (TPSA) is 38.0 Å². The molecular weight excluding hydrogens is 184 g/mol. The van der Waals surface area contributed by atoms with Gasteiger partial charge in [0.15, 0.2) is 0 Å². The minimum atomic E-state index is 0.243. The molecule has 0 aromatic carbocycles. The molecule has 3 N–H and O–H groups in total. The first-order chi connectivity index (χ1) is 7.31. The van der Waals surface area contributed by atoms with Gasteiger partial charge in [0.05, 0.1) is 6.04 Å².